The van der Waals surface area contributed by atoms with Crippen molar-refractivity contribution in [3.8, 4) is 0 Å². The number of hydrogen-bond donors (Lipinski definition) is 1. The number of amides is 1. The van der Waals surface area contributed by atoms with Crippen molar-refractivity contribution in [2.24, 2.45) is 5.92 Å². The standard InChI is InChI=1S/C10H10F3N5OS/c11-10(12,13)8-15-16-9-18(8)17-6(20-9)4-14-7(19)5-2-1-3-5/h5H,1-4H2,(H,14,19). The number of carbonyl (C=O) groups is 1. The van der Waals surface area contributed by atoms with Crippen LogP contribution >= 0.6 is 11.3 Å². The van der Waals surface area contributed by atoms with Crippen LogP contribution in [-0.2, 0) is 17.5 Å². The number of hydrogen-bond acceptors (Lipinski definition) is 5. The number of carbonyl (C=O) groups excluding carboxylic acids is 1. The van der Waals surface area contributed by atoms with Crippen molar-refractivity contribution in [3.05, 3.63) is 10.8 Å². The summed E-state index contributed by atoms with van der Waals surface area (Å²) in [4.78, 5) is 11.7. The van der Waals surface area contributed by atoms with Crippen LogP contribution in [0.3, 0.4) is 0 Å². The lowest BCUT2D eigenvalue weighted by Crippen LogP contribution is -2.33. The maximum absolute atomic E-state index is 12.6. The molecule has 0 saturated heterocycles. The minimum atomic E-state index is -4.60. The van der Waals surface area contributed by atoms with Crippen LogP contribution in [0.5, 0.6) is 0 Å². The molecule has 3 rings (SSSR count). The van der Waals surface area contributed by atoms with Crippen molar-refractivity contribution in [2.75, 3.05) is 0 Å². The monoisotopic (exact) mass is 305 g/mol. The van der Waals surface area contributed by atoms with Gasteiger partial charge in [0, 0.05) is 5.92 Å². The zero-order chi connectivity index (χ0) is 14.3. The molecular weight excluding hydrogens is 295 g/mol. The van der Waals surface area contributed by atoms with Crippen LogP contribution < -0.4 is 5.32 Å². The SMILES string of the molecule is O=C(NCc1nn2c(C(F)(F)F)nnc2s1)C1CCC1. The number of rotatable bonds is 3. The molecule has 2 heterocycles. The zero-order valence-electron chi connectivity index (χ0n) is 10.1. The number of nitrogens with zero attached hydrogens (tertiary/aromatic N) is 4. The van der Waals surface area contributed by atoms with Gasteiger partial charge in [-0.05, 0) is 12.8 Å². The van der Waals surface area contributed by atoms with Crippen molar-refractivity contribution in [1.29, 1.82) is 0 Å². The summed E-state index contributed by atoms with van der Waals surface area (Å²) >= 11 is 0.977. The first kappa shape index (κ1) is 13.3. The van der Waals surface area contributed by atoms with Gasteiger partial charge in [0.2, 0.25) is 10.9 Å². The van der Waals surface area contributed by atoms with Gasteiger partial charge in [-0.25, -0.2) is 0 Å². The Morgan fingerprint density at radius 3 is 2.75 bits per heavy atom. The van der Waals surface area contributed by atoms with Gasteiger partial charge in [-0.15, -0.1) is 10.2 Å². The third-order valence-electron chi connectivity index (χ3n) is 3.18. The van der Waals surface area contributed by atoms with Gasteiger partial charge >= 0.3 is 6.18 Å². The minimum absolute atomic E-state index is 0.0337. The minimum Gasteiger partial charge on any atom is -0.349 e. The van der Waals surface area contributed by atoms with Gasteiger partial charge in [0.1, 0.15) is 5.01 Å². The Bertz CT molecular complexity index is 645. The third kappa shape index (κ3) is 2.35. The van der Waals surface area contributed by atoms with E-state index in [0.29, 0.717) is 9.52 Å². The Kier molecular flexibility index (Phi) is 3.11. The molecule has 1 aliphatic carbocycles. The summed E-state index contributed by atoms with van der Waals surface area (Å²) in [7, 11) is 0. The summed E-state index contributed by atoms with van der Waals surface area (Å²) < 4.78 is 38.5. The Morgan fingerprint density at radius 2 is 2.15 bits per heavy atom. The molecule has 1 saturated carbocycles. The molecule has 0 bridgehead atoms. The van der Waals surface area contributed by atoms with Gasteiger partial charge in [0.15, 0.2) is 0 Å². The number of nitrogens with one attached hydrogen (secondary N) is 1. The molecule has 108 valence electrons. The molecule has 1 aliphatic rings. The van der Waals surface area contributed by atoms with Gasteiger partial charge in [0.05, 0.1) is 6.54 Å². The van der Waals surface area contributed by atoms with E-state index in [2.05, 4.69) is 20.6 Å². The molecule has 10 heteroatoms. The molecular formula is C10H10F3N5OS. The number of halogens is 3. The summed E-state index contributed by atoms with van der Waals surface area (Å²) in [5.74, 6) is -1.19. The molecule has 2 aromatic rings. The molecule has 20 heavy (non-hydrogen) atoms. The van der Waals surface area contributed by atoms with Crippen LogP contribution in [0.15, 0.2) is 0 Å². The maximum Gasteiger partial charge on any atom is 0.453 e. The van der Waals surface area contributed by atoms with Gasteiger partial charge in [-0.3, -0.25) is 4.79 Å². The number of alkyl halides is 3. The van der Waals surface area contributed by atoms with Gasteiger partial charge in [0.25, 0.3) is 5.82 Å². The number of fused-ring (bicyclic) bond motifs is 1. The largest absolute Gasteiger partial charge is 0.453 e. The van der Waals surface area contributed by atoms with Crippen LogP contribution in [0.2, 0.25) is 0 Å². The quantitative estimate of drug-likeness (QED) is 0.935. The summed E-state index contributed by atoms with van der Waals surface area (Å²) in [6.07, 6.45) is -1.81. The molecule has 0 radical (unpaired) electrons. The first-order valence-corrected chi connectivity index (χ1v) is 6.83. The summed E-state index contributed by atoms with van der Waals surface area (Å²) in [5.41, 5.74) is 0. The third-order valence-corrected chi connectivity index (χ3v) is 4.07. The van der Waals surface area contributed by atoms with E-state index in [-0.39, 0.29) is 23.3 Å². The first-order chi connectivity index (χ1) is 9.45. The van der Waals surface area contributed by atoms with E-state index in [1.54, 1.807) is 0 Å². The Hall–Kier alpha value is -1.71. The number of aromatic nitrogens is 4. The lowest BCUT2D eigenvalue weighted by molar-refractivity contribution is -0.146. The average molecular weight is 305 g/mol. The summed E-state index contributed by atoms with van der Waals surface area (Å²) in [6.45, 7) is 0.112. The molecule has 6 nitrogen and oxygen atoms in total. The van der Waals surface area contributed by atoms with Crippen LogP contribution in [0, 0.1) is 5.92 Å². The smallest absolute Gasteiger partial charge is 0.349 e. The van der Waals surface area contributed by atoms with E-state index >= 15 is 0 Å². The lowest BCUT2D eigenvalue weighted by Gasteiger charge is -2.23. The van der Waals surface area contributed by atoms with Crippen molar-refractivity contribution < 1.29 is 18.0 Å². The molecule has 1 fully saturated rings. The Labute approximate surface area is 115 Å². The second-order valence-corrected chi connectivity index (χ2v) is 5.60. The molecule has 2 aromatic heterocycles. The molecule has 1 N–H and O–H groups in total. The maximum atomic E-state index is 12.6. The average Bonchev–Trinajstić information content (AvgIpc) is 2.80. The highest BCUT2D eigenvalue weighted by molar-refractivity contribution is 7.16. The Morgan fingerprint density at radius 1 is 1.40 bits per heavy atom. The molecule has 0 atom stereocenters. The fourth-order valence-corrected chi connectivity index (χ4v) is 2.66. The van der Waals surface area contributed by atoms with Crippen LogP contribution in [0.25, 0.3) is 4.96 Å². The van der Waals surface area contributed by atoms with E-state index in [1.807, 2.05) is 0 Å². The fraction of sp³-hybridized carbons (Fsp3) is 0.600. The van der Waals surface area contributed by atoms with Crippen molar-refractivity contribution in [3.63, 3.8) is 0 Å². The van der Waals surface area contributed by atoms with E-state index < -0.39 is 12.0 Å². The van der Waals surface area contributed by atoms with E-state index in [1.165, 1.54) is 0 Å². The molecule has 1 amide bonds. The summed E-state index contributed by atoms with van der Waals surface area (Å²) in [6, 6.07) is 0. The first-order valence-electron chi connectivity index (χ1n) is 6.01. The lowest BCUT2D eigenvalue weighted by atomic mass is 9.85. The van der Waals surface area contributed by atoms with Crippen molar-refractivity contribution in [2.45, 2.75) is 32.0 Å². The predicted octanol–water partition coefficient (Wildman–Crippen LogP) is 1.62. The second-order valence-electron chi connectivity index (χ2n) is 4.56. The highest BCUT2D eigenvalue weighted by Crippen LogP contribution is 2.29. The van der Waals surface area contributed by atoms with E-state index in [4.69, 9.17) is 0 Å². The van der Waals surface area contributed by atoms with Gasteiger partial charge in [-0.1, -0.05) is 17.8 Å². The van der Waals surface area contributed by atoms with Crippen molar-refractivity contribution in [1.82, 2.24) is 25.1 Å². The topological polar surface area (TPSA) is 72.2 Å². The molecule has 0 aliphatic heterocycles. The highest BCUT2D eigenvalue weighted by atomic mass is 32.1. The van der Waals surface area contributed by atoms with Crippen LogP contribution in [0.4, 0.5) is 13.2 Å². The van der Waals surface area contributed by atoms with Crippen LogP contribution in [-0.4, -0.2) is 25.7 Å². The fourth-order valence-electron chi connectivity index (χ4n) is 1.88. The van der Waals surface area contributed by atoms with E-state index in [9.17, 15) is 18.0 Å². The van der Waals surface area contributed by atoms with E-state index in [0.717, 1.165) is 30.6 Å². The molecule has 0 unspecified atom stereocenters. The molecule has 0 spiro atoms. The van der Waals surface area contributed by atoms with Gasteiger partial charge < -0.3 is 5.32 Å². The predicted molar refractivity (Wildman–Crippen MR) is 62.8 cm³/mol. The highest BCUT2D eigenvalue weighted by Gasteiger charge is 2.38. The van der Waals surface area contributed by atoms with Crippen molar-refractivity contribution >= 4 is 22.2 Å². The second kappa shape index (κ2) is 4.69. The van der Waals surface area contributed by atoms with Crippen LogP contribution in [0.1, 0.15) is 30.1 Å². The molecule has 0 aromatic carbocycles. The zero-order valence-corrected chi connectivity index (χ0v) is 11.0. The summed E-state index contributed by atoms with van der Waals surface area (Å²) in [5, 5.41) is 13.3. The van der Waals surface area contributed by atoms with Gasteiger partial charge in [-0.2, -0.15) is 22.8 Å². The Balaban J connectivity index is 1.73. The normalized spacial score (nSPS) is 16.4.